The molecule has 96 valence electrons. The van der Waals surface area contributed by atoms with E-state index in [1.165, 1.54) is 57.8 Å². The minimum Gasteiger partial charge on any atom is -0.376 e. The van der Waals surface area contributed by atoms with Gasteiger partial charge in [-0.3, -0.25) is 0 Å². The van der Waals surface area contributed by atoms with Crippen LogP contribution in [0.3, 0.4) is 0 Å². The Morgan fingerprint density at radius 3 is 1.69 bits per heavy atom. The highest BCUT2D eigenvalue weighted by Crippen LogP contribution is 2.23. The molecule has 1 saturated carbocycles. The van der Waals surface area contributed by atoms with Crippen molar-refractivity contribution in [1.82, 2.24) is 0 Å². The van der Waals surface area contributed by atoms with Gasteiger partial charge in [-0.15, -0.1) is 0 Å². The van der Waals surface area contributed by atoms with Crippen LogP contribution in [0.15, 0.2) is 0 Å². The van der Waals surface area contributed by atoms with Gasteiger partial charge in [0.05, 0.1) is 12.2 Å². The maximum atomic E-state index is 5.94. The van der Waals surface area contributed by atoms with Gasteiger partial charge in [0.1, 0.15) is 0 Å². The molecule has 0 heterocycles. The lowest BCUT2D eigenvalue weighted by atomic mass is 9.93. The molecule has 0 spiro atoms. The standard InChI is InChI=1S/C15H30O/c1-15(2,3)16-13-14-11-9-7-5-4-6-8-10-12-14/h14H,4-13H2,1-3H3. The Kier molecular flexibility index (Phi) is 6.41. The van der Waals surface area contributed by atoms with Crippen LogP contribution in [-0.4, -0.2) is 12.2 Å². The Hall–Kier alpha value is -0.0400. The summed E-state index contributed by atoms with van der Waals surface area (Å²) in [5, 5.41) is 0. The summed E-state index contributed by atoms with van der Waals surface area (Å²) in [5.41, 5.74) is 0.0370. The van der Waals surface area contributed by atoms with E-state index < -0.39 is 0 Å². The quantitative estimate of drug-likeness (QED) is 0.648. The molecular weight excluding hydrogens is 196 g/mol. The molecule has 0 aromatic rings. The number of hydrogen-bond donors (Lipinski definition) is 0. The molecular formula is C15H30O. The SMILES string of the molecule is CC(C)(C)OCC1CCCCCCCCC1. The van der Waals surface area contributed by atoms with E-state index in [1.54, 1.807) is 0 Å². The Morgan fingerprint density at radius 1 is 0.812 bits per heavy atom. The van der Waals surface area contributed by atoms with E-state index in [-0.39, 0.29) is 5.60 Å². The molecule has 1 heteroatoms. The van der Waals surface area contributed by atoms with Crippen LogP contribution in [0.1, 0.15) is 78.6 Å². The third-order valence-electron chi connectivity index (χ3n) is 3.48. The molecule has 0 aliphatic heterocycles. The van der Waals surface area contributed by atoms with Crippen molar-refractivity contribution in [3.05, 3.63) is 0 Å². The van der Waals surface area contributed by atoms with Crippen molar-refractivity contribution in [3.63, 3.8) is 0 Å². The van der Waals surface area contributed by atoms with Gasteiger partial charge < -0.3 is 4.74 Å². The van der Waals surface area contributed by atoms with Gasteiger partial charge in [0.2, 0.25) is 0 Å². The van der Waals surface area contributed by atoms with Crippen molar-refractivity contribution in [3.8, 4) is 0 Å². The van der Waals surface area contributed by atoms with Gasteiger partial charge in [-0.1, -0.05) is 44.9 Å². The van der Waals surface area contributed by atoms with E-state index in [0.717, 1.165) is 12.5 Å². The lowest BCUT2D eigenvalue weighted by Gasteiger charge is -2.25. The monoisotopic (exact) mass is 226 g/mol. The number of ether oxygens (including phenoxy) is 1. The Labute approximate surface area is 102 Å². The molecule has 16 heavy (non-hydrogen) atoms. The molecule has 1 aliphatic rings. The molecule has 1 nitrogen and oxygen atoms in total. The highest BCUT2D eigenvalue weighted by atomic mass is 16.5. The summed E-state index contributed by atoms with van der Waals surface area (Å²) in [4.78, 5) is 0. The van der Waals surface area contributed by atoms with Crippen molar-refractivity contribution in [2.24, 2.45) is 5.92 Å². The first-order valence-corrected chi connectivity index (χ1v) is 7.22. The summed E-state index contributed by atoms with van der Waals surface area (Å²) < 4.78 is 5.94. The van der Waals surface area contributed by atoms with Crippen molar-refractivity contribution in [1.29, 1.82) is 0 Å². The van der Waals surface area contributed by atoms with Crippen LogP contribution in [0.2, 0.25) is 0 Å². The molecule has 0 amide bonds. The average molecular weight is 226 g/mol. The number of hydrogen-bond acceptors (Lipinski definition) is 1. The summed E-state index contributed by atoms with van der Waals surface area (Å²) in [7, 11) is 0. The van der Waals surface area contributed by atoms with Crippen LogP contribution in [0.5, 0.6) is 0 Å². The average Bonchev–Trinajstić information content (AvgIpc) is 2.22. The number of rotatable bonds is 2. The van der Waals surface area contributed by atoms with Gasteiger partial charge in [-0.05, 0) is 39.5 Å². The molecule has 0 bridgehead atoms. The van der Waals surface area contributed by atoms with Crippen molar-refractivity contribution >= 4 is 0 Å². The van der Waals surface area contributed by atoms with E-state index >= 15 is 0 Å². The zero-order valence-corrected chi connectivity index (χ0v) is 11.6. The van der Waals surface area contributed by atoms with Crippen LogP contribution in [-0.2, 0) is 4.74 Å². The highest BCUT2D eigenvalue weighted by Gasteiger charge is 2.15. The fourth-order valence-corrected chi connectivity index (χ4v) is 2.43. The first-order chi connectivity index (χ1) is 7.58. The van der Waals surface area contributed by atoms with Crippen LogP contribution < -0.4 is 0 Å². The van der Waals surface area contributed by atoms with Gasteiger partial charge >= 0.3 is 0 Å². The molecule has 0 radical (unpaired) electrons. The molecule has 1 fully saturated rings. The molecule has 1 aliphatic carbocycles. The second kappa shape index (κ2) is 7.32. The van der Waals surface area contributed by atoms with E-state index in [1.807, 2.05) is 0 Å². The normalized spacial score (nSPS) is 21.9. The molecule has 0 unspecified atom stereocenters. The third kappa shape index (κ3) is 7.27. The van der Waals surface area contributed by atoms with E-state index in [0.29, 0.717) is 0 Å². The topological polar surface area (TPSA) is 9.23 Å². The molecule has 0 saturated heterocycles. The van der Waals surface area contributed by atoms with E-state index in [2.05, 4.69) is 20.8 Å². The van der Waals surface area contributed by atoms with Gasteiger partial charge in [-0.25, -0.2) is 0 Å². The lowest BCUT2D eigenvalue weighted by molar-refractivity contribution is -0.0256. The Balaban J connectivity index is 2.25. The second-order valence-electron chi connectivity index (χ2n) is 6.34. The first kappa shape index (κ1) is 14.0. The molecule has 1 rings (SSSR count). The fourth-order valence-electron chi connectivity index (χ4n) is 2.43. The molecule has 0 aromatic heterocycles. The first-order valence-electron chi connectivity index (χ1n) is 7.22. The zero-order valence-electron chi connectivity index (χ0n) is 11.6. The Bertz CT molecular complexity index is 159. The summed E-state index contributed by atoms with van der Waals surface area (Å²) >= 11 is 0. The second-order valence-corrected chi connectivity index (χ2v) is 6.34. The van der Waals surface area contributed by atoms with Gasteiger partial charge in [0.25, 0.3) is 0 Å². The summed E-state index contributed by atoms with van der Waals surface area (Å²) in [6.45, 7) is 7.46. The maximum absolute atomic E-state index is 5.94. The summed E-state index contributed by atoms with van der Waals surface area (Å²) in [5.74, 6) is 0.817. The smallest absolute Gasteiger partial charge is 0.0598 e. The van der Waals surface area contributed by atoms with Crippen LogP contribution in [0.25, 0.3) is 0 Å². The fraction of sp³-hybridized carbons (Fsp3) is 1.00. The summed E-state index contributed by atoms with van der Waals surface area (Å²) in [6, 6.07) is 0. The lowest BCUT2D eigenvalue weighted by Crippen LogP contribution is -2.23. The highest BCUT2D eigenvalue weighted by molar-refractivity contribution is 4.65. The zero-order chi connectivity index (χ0) is 11.9. The third-order valence-corrected chi connectivity index (χ3v) is 3.48. The molecule has 0 N–H and O–H groups in total. The van der Waals surface area contributed by atoms with Crippen LogP contribution in [0, 0.1) is 5.92 Å². The minimum atomic E-state index is 0.0370. The van der Waals surface area contributed by atoms with Gasteiger partial charge in [0, 0.05) is 0 Å². The largest absolute Gasteiger partial charge is 0.376 e. The predicted octanol–water partition coefficient (Wildman–Crippen LogP) is 4.94. The van der Waals surface area contributed by atoms with Crippen molar-refractivity contribution < 1.29 is 4.74 Å². The predicted molar refractivity (Wildman–Crippen MR) is 70.7 cm³/mol. The van der Waals surface area contributed by atoms with Crippen molar-refractivity contribution in [2.75, 3.05) is 6.61 Å². The van der Waals surface area contributed by atoms with Crippen molar-refractivity contribution in [2.45, 2.75) is 84.2 Å². The summed E-state index contributed by atoms with van der Waals surface area (Å²) in [6.07, 6.45) is 12.8. The molecule has 0 aromatic carbocycles. The van der Waals surface area contributed by atoms with E-state index in [4.69, 9.17) is 4.74 Å². The molecule has 0 atom stereocenters. The Morgan fingerprint density at radius 2 is 1.25 bits per heavy atom. The van der Waals surface area contributed by atoms with Gasteiger partial charge in [0.15, 0.2) is 0 Å². The van der Waals surface area contributed by atoms with E-state index in [9.17, 15) is 0 Å². The van der Waals surface area contributed by atoms with Crippen LogP contribution in [0.4, 0.5) is 0 Å². The minimum absolute atomic E-state index is 0.0370. The van der Waals surface area contributed by atoms with Gasteiger partial charge in [-0.2, -0.15) is 0 Å². The van der Waals surface area contributed by atoms with Crippen LogP contribution >= 0.6 is 0 Å². The maximum Gasteiger partial charge on any atom is 0.0598 e.